The van der Waals surface area contributed by atoms with Crippen molar-refractivity contribution in [1.82, 2.24) is 10.3 Å². The van der Waals surface area contributed by atoms with Gasteiger partial charge in [0.05, 0.1) is 0 Å². The Labute approximate surface area is 127 Å². The van der Waals surface area contributed by atoms with E-state index in [4.69, 9.17) is 4.98 Å². The Hall–Kier alpha value is -1.61. The molecule has 3 heteroatoms. The van der Waals surface area contributed by atoms with Crippen LogP contribution in [0.1, 0.15) is 32.3 Å². The van der Waals surface area contributed by atoms with E-state index in [0.717, 1.165) is 37.9 Å². The maximum absolute atomic E-state index is 4.80. The van der Waals surface area contributed by atoms with Gasteiger partial charge in [-0.15, -0.1) is 0 Å². The SMILES string of the molecule is CCNCc1cnc(N2CCCC(C)C2)c2ccccc12. The topological polar surface area (TPSA) is 28.2 Å². The molecule has 1 aliphatic rings. The van der Waals surface area contributed by atoms with Crippen molar-refractivity contribution in [3.63, 3.8) is 0 Å². The second kappa shape index (κ2) is 6.44. The van der Waals surface area contributed by atoms with Crippen LogP contribution in [-0.4, -0.2) is 24.6 Å². The van der Waals surface area contributed by atoms with Gasteiger partial charge >= 0.3 is 0 Å². The van der Waals surface area contributed by atoms with Gasteiger partial charge in [0.15, 0.2) is 0 Å². The molecule has 2 heterocycles. The molecule has 1 fully saturated rings. The van der Waals surface area contributed by atoms with Crippen molar-refractivity contribution in [2.45, 2.75) is 33.2 Å². The van der Waals surface area contributed by atoms with Gasteiger partial charge in [0.2, 0.25) is 0 Å². The smallest absolute Gasteiger partial charge is 0.136 e. The van der Waals surface area contributed by atoms with Crippen LogP contribution in [-0.2, 0) is 6.54 Å². The molecule has 21 heavy (non-hydrogen) atoms. The molecule has 1 N–H and O–H groups in total. The highest BCUT2D eigenvalue weighted by atomic mass is 15.2. The highest BCUT2D eigenvalue weighted by molar-refractivity contribution is 5.94. The van der Waals surface area contributed by atoms with E-state index in [9.17, 15) is 0 Å². The molecule has 1 aromatic heterocycles. The zero-order valence-electron chi connectivity index (χ0n) is 13.1. The van der Waals surface area contributed by atoms with E-state index in [1.165, 1.54) is 29.2 Å². The molecule has 1 aliphatic heterocycles. The van der Waals surface area contributed by atoms with E-state index in [2.05, 4.69) is 54.5 Å². The average molecular weight is 283 g/mol. The van der Waals surface area contributed by atoms with Crippen LogP contribution >= 0.6 is 0 Å². The maximum Gasteiger partial charge on any atom is 0.136 e. The molecule has 1 unspecified atom stereocenters. The molecule has 0 radical (unpaired) electrons. The summed E-state index contributed by atoms with van der Waals surface area (Å²) >= 11 is 0. The summed E-state index contributed by atoms with van der Waals surface area (Å²) in [5.41, 5.74) is 1.29. The minimum Gasteiger partial charge on any atom is -0.356 e. The third kappa shape index (κ3) is 3.03. The summed E-state index contributed by atoms with van der Waals surface area (Å²) in [5.74, 6) is 1.93. The van der Waals surface area contributed by atoms with Crippen LogP contribution in [0.15, 0.2) is 30.5 Å². The summed E-state index contributed by atoms with van der Waals surface area (Å²) in [4.78, 5) is 7.27. The van der Waals surface area contributed by atoms with Crippen molar-refractivity contribution in [2.75, 3.05) is 24.5 Å². The predicted molar refractivity (Wildman–Crippen MR) is 89.7 cm³/mol. The summed E-state index contributed by atoms with van der Waals surface area (Å²) in [6, 6.07) is 8.69. The zero-order chi connectivity index (χ0) is 14.7. The first-order valence-corrected chi connectivity index (χ1v) is 8.12. The summed E-state index contributed by atoms with van der Waals surface area (Å²) in [5, 5.41) is 6.04. The van der Waals surface area contributed by atoms with Gasteiger partial charge in [-0.1, -0.05) is 38.1 Å². The van der Waals surface area contributed by atoms with E-state index in [1.807, 2.05) is 0 Å². The van der Waals surface area contributed by atoms with Crippen molar-refractivity contribution >= 4 is 16.6 Å². The van der Waals surface area contributed by atoms with Gasteiger partial charge in [0.1, 0.15) is 5.82 Å². The highest BCUT2D eigenvalue weighted by Gasteiger charge is 2.19. The van der Waals surface area contributed by atoms with Crippen LogP contribution in [0.4, 0.5) is 5.82 Å². The Balaban J connectivity index is 2.00. The van der Waals surface area contributed by atoms with Gasteiger partial charge in [-0.2, -0.15) is 0 Å². The van der Waals surface area contributed by atoms with Gasteiger partial charge in [-0.3, -0.25) is 0 Å². The van der Waals surface area contributed by atoms with Crippen LogP contribution in [0.3, 0.4) is 0 Å². The highest BCUT2D eigenvalue weighted by Crippen LogP contribution is 2.30. The molecule has 3 rings (SSSR count). The Morgan fingerprint density at radius 1 is 1.29 bits per heavy atom. The van der Waals surface area contributed by atoms with Crippen LogP contribution in [0, 0.1) is 5.92 Å². The van der Waals surface area contributed by atoms with E-state index >= 15 is 0 Å². The van der Waals surface area contributed by atoms with Crippen LogP contribution in [0.25, 0.3) is 10.8 Å². The van der Waals surface area contributed by atoms with E-state index < -0.39 is 0 Å². The fraction of sp³-hybridized carbons (Fsp3) is 0.500. The minimum absolute atomic E-state index is 0.765. The van der Waals surface area contributed by atoms with Crippen molar-refractivity contribution in [3.05, 3.63) is 36.0 Å². The lowest BCUT2D eigenvalue weighted by atomic mass is 9.99. The molecular weight excluding hydrogens is 258 g/mol. The Bertz CT molecular complexity index is 608. The van der Waals surface area contributed by atoms with E-state index in [0.29, 0.717) is 0 Å². The van der Waals surface area contributed by atoms with Gasteiger partial charge in [-0.25, -0.2) is 4.98 Å². The van der Waals surface area contributed by atoms with Crippen LogP contribution in [0.2, 0.25) is 0 Å². The first-order valence-electron chi connectivity index (χ1n) is 8.12. The molecule has 0 aliphatic carbocycles. The normalized spacial score (nSPS) is 19.1. The number of piperidine rings is 1. The largest absolute Gasteiger partial charge is 0.356 e. The number of nitrogens with zero attached hydrogens (tertiary/aromatic N) is 2. The van der Waals surface area contributed by atoms with Crippen molar-refractivity contribution in [1.29, 1.82) is 0 Å². The van der Waals surface area contributed by atoms with Gasteiger partial charge in [0, 0.05) is 31.2 Å². The Kier molecular flexibility index (Phi) is 4.39. The lowest BCUT2D eigenvalue weighted by Gasteiger charge is -2.32. The molecule has 0 bridgehead atoms. The average Bonchev–Trinajstić information content (AvgIpc) is 2.52. The van der Waals surface area contributed by atoms with E-state index in [1.54, 1.807) is 0 Å². The number of nitrogens with one attached hydrogen (secondary N) is 1. The molecule has 0 spiro atoms. The standard InChI is InChI=1S/C18H25N3/c1-3-19-11-15-12-20-18(17-9-5-4-8-16(15)17)21-10-6-7-14(2)13-21/h4-5,8-9,12,14,19H,3,6-7,10-11,13H2,1-2H3. The first kappa shape index (κ1) is 14.3. The summed E-state index contributed by atoms with van der Waals surface area (Å²) < 4.78 is 0. The molecule has 3 nitrogen and oxygen atoms in total. The quantitative estimate of drug-likeness (QED) is 0.929. The van der Waals surface area contributed by atoms with Gasteiger partial charge in [-0.05, 0) is 36.3 Å². The third-order valence-corrected chi connectivity index (χ3v) is 4.38. The Morgan fingerprint density at radius 3 is 2.86 bits per heavy atom. The van der Waals surface area contributed by atoms with Crippen molar-refractivity contribution in [2.24, 2.45) is 5.92 Å². The van der Waals surface area contributed by atoms with Gasteiger partial charge < -0.3 is 10.2 Å². The zero-order valence-corrected chi connectivity index (χ0v) is 13.1. The molecule has 1 saturated heterocycles. The van der Waals surface area contributed by atoms with E-state index in [-0.39, 0.29) is 0 Å². The number of pyridine rings is 1. The minimum atomic E-state index is 0.765. The predicted octanol–water partition coefficient (Wildman–Crippen LogP) is 3.58. The molecule has 1 atom stereocenters. The fourth-order valence-electron chi connectivity index (χ4n) is 3.27. The van der Waals surface area contributed by atoms with Crippen molar-refractivity contribution < 1.29 is 0 Å². The Morgan fingerprint density at radius 2 is 2.10 bits per heavy atom. The first-order chi connectivity index (χ1) is 10.3. The number of rotatable bonds is 4. The molecule has 1 aromatic carbocycles. The number of hydrogen-bond donors (Lipinski definition) is 1. The second-order valence-corrected chi connectivity index (χ2v) is 6.13. The molecular formula is C18H25N3. The summed E-state index contributed by atoms with van der Waals surface area (Å²) in [6.45, 7) is 8.62. The lowest BCUT2D eigenvalue weighted by Crippen LogP contribution is -2.35. The summed E-state index contributed by atoms with van der Waals surface area (Å²) in [6.07, 6.45) is 4.67. The number of anilines is 1. The number of hydrogen-bond acceptors (Lipinski definition) is 3. The van der Waals surface area contributed by atoms with Crippen LogP contribution < -0.4 is 10.2 Å². The maximum atomic E-state index is 4.80. The fourth-order valence-corrected chi connectivity index (χ4v) is 3.27. The number of aromatic nitrogens is 1. The van der Waals surface area contributed by atoms with Crippen LogP contribution in [0.5, 0.6) is 0 Å². The number of benzene rings is 1. The molecule has 0 saturated carbocycles. The van der Waals surface area contributed by atoms with Gasteiger partial charge in [0.25, 0.3) is 0 Å². The van der Waals surface area contributed by atoms with Crippen molar-refractivity contribution in [3.8, 4) is 0 Å². The monoisotopic (exact) mass is 283 g/mol. The molecule has 2 aromatic rings. The third-order valence-electron chi connectivity index (χ3n) is 4.38. The second-order valence-electron chi connectivity index (χ2n) is 6.13. The molecule has 0 amide bonds. The molecule has 112 valence electrons. The summed E-state index contributed by atoms with van der Waals surface area (Å²) in [7, 11) is 0. The number of fused-ring (bicyclic) bond motifs is 1. The lowest BCUT2D eigenvalue weighted by molar-refractivity contribution is 0.445.